The first kappa shape index (κ1) is 8.55. The maximum Gasteiger partial charge on any atom is 0.0920 e. The van der Waals surface area contributed by atoms with E-state index in [1.54, 1.807) is 0 Å². The van der Waals surface area contributed by atoms with E-state index in [1.165, 1.54) is 19.3 Å². The van der Waals surface area contributed by atoms with Crippen molar-refractivity contribution in [1.29, 1.82) is 0 Å². The molecule has 1 aliphatic carbocycles. The fraction of sp³-hybridized carbons (Fsp3) is 1.00. The Kier molecular flexibility index (Phi) is 1.61. The maximum absolute atomic E-state index is 5.69. The Bertz CT molecular complexity index is 192. The van der Waals surface area contributed by atoms with Crippen LogP contribution < -0.4 is 0 Å². The van der Waals surface area contributed by atoms with Gasteiger partial charge in [0.15, 0.2) is 0 Å². The van der Waals surface area contributed by atoms with Gasteiger partial charge in [-0.15, -0.1) is 0 Å². The molecular formula is C11H20O. The van der Waals surface area contributed by atoms with Gasteiger partial charge in [0.2, 0.25) is 0 Å². The topological polar surface area (TPSA) is 12.5 Å². The molecule has 12 heavy (non-hydrogen) atoms. The van der Waals surface area contributed by atoms with E-state index in [4.69, 9.17) is 4.74 Å². The third-order valence-electron chi connectivity index (χ3n) is 3.75. The molecule has 1 aliphatic heterocycles. The number of hydrogen-bond acceptors (Lipinski definition) is 1. The summed E-state index contributed by atoms with van der Waals surface area (Å²) < 4.78 is 5.69. The zero-order chi connectivity index (χ0) is 8.98. The van der Waals surface area contributed by atoms with Crippen LogP contribution in [-0.2, 0) is 4.74 Å². The zero-order valence-corrected chi connectivity index (χ0v) is 8.68. The van der Waals surface area contributed by atoms with Gasteiger partial charge < -0.3 is 4.74 Å². The highest BCUT2D eigenvalue weighted by atomic mass is 16.6. The smallest absolute Gasteiger partial charge is 0.0920 e. The zero-order valence-electron chi connectivity index (χ0n) is 8.68. The van der Waals surface area contributed by atoms with Crippen molar-refractivity contribution in [2.45, 2.75) is 58.7 Å². The summed E-state index contributed by atoms with van der Waals surface area (Å²) in [6, 6.07) is 0. The van der Waals surface area contributed by atoms with E-state index in [2.05, 4.69) is 27.7 Å². The molecule has 2 rings (SSSR count). The summed E-state index contributed by atoms with van der Waals surface area (Å²) in [5.41, 5.74) is 0.773. The second-order valence-electron chi connectivity index (χ2n) is 5.76. The Labute approximate surface area is 75.5 Å². The van der Waals surface area contributed by atoms with E-state index in [-0.39, 0.29) is 0 Å². The van der Waals surface area contributed by atoms with Crippen LogP contribution in [0.2, 0.25) is 0 Å². The standard InChI is InChI=1S/C11H20O/c1-10(2,3)8-5-6-11(4)9(7-8)12-11/h8-9H,5-7H2,1-4H3/t8-,9+,11-/m1/s1. The highest BCUT2D eigenvalue weighted by Crippen LogP contribution is 2.52. The van der Waals surface area contributed by atoms with E-state index >= 15 is 0 Å². The van der Waals surface area contributed by atoms with Crippen LogP contribution in [0.5, 0.6) is 0 Å². The summed E-state index contributed by atoms with van der Waals surface area (Å²) in [6.07, 6.45) is 4.52. The third kappa shape index (κ3) is 1.28. The second-order valence-corrected chi connectivity index (χ2v) is 5.76. The first-order valence-corrected chi connectivity index (χ1v) is 5.10. The first-order valence-electron chi connectivity index (χ1n) is 5.10. The molecule has 2 fully saturated rings. The number of rotatable bonds is 0. The van der Waals surface area contributed by atoms with E-state index < -0.39 is 0 Å². The number of ether oxygens (including phenoxy) is 1. The molecule has 3 atom stereocenters. The molecular weight excluding hydrogens is 148 g/mol. The first-order chi connectivity index (χ1) is 5.42. The van der Waals surface area contributed by atoms with E-state index in [9.17, 15) is 0 Å². The lowest BCUT2D eigenvalue weighted by atomic mass is 9.70. The van der Waals surface area contributed by atoms with Crippen LogP contribution in [0.3, 0.4) is 0 Å². The van der Waals surface area contributed by atoms with Crippen LogP contribution in [0, 0.1) is 11.3 Å². The van der Waals surface area contributed by atoms with Gasteiger partial charge in [-0.1, -0.05) is 20.8 Å². The fourth-order valence-corrected chi connectivity index (χ4v) is 2.43. The molecule has 0 N–H and O–H groups in total. The van der Waals surface area contributed by atoms with Crippen molar-refractivity contribution in [3.63, 3.8) is 0 Å². The summed E-state index contributed by atoms with van der Waals surface area (Å²) >= 11 is 0. The predicted octanol–water partition coefficient (Wildman–Crippen LogP) is 2.99. The highest BCUT2D eigenvalue weighted by molar-refractivity contribution is 5.04. The minimum Gasteiger partial charge on any atom is -0.366 e. The van der Waals surface area contributed by atoms with Gasteiger partial charge in [0.25, 0.3) is 0 Å². The largest absolute Gasteiger partial charge is 0.366 e. The molecule has 70 valence electrons. The van der Waals surface area contributed by atoms with Crippen LogP contribution in [-0.4, -0.2) is 11.7 Å². The van der Waals surface area contributed by atoms with E-state index in [0.717, 1.165) is 5.92 Å². The van der Waals surface area contributed by atoms with Crippen LogP contribution >= 0.6 is 0 Å². The molecule has 0 radical (unpaired) electrons. The Morgan fingerprint density at radius 2 is 2.00 bits per heavy atom. The summed E-state index contributed by atoms with van der Waals surface area (Å²) in [5.74, 6) is 0.873. The fourth-order valence-electron chi connectivity index (χ4n) is 2.43. The van der Waals surface area contributed by atoms with Crippen LogP contribution in [0.4, 0.5) is 0 Å². The molecule has 0 amide bonds. The molecule has 1 nitrogen and oxygen atoms in total. The van der Waals surface area contributed by atoms with E-state index in [1.807, 2.05) is 0 Å². The Morgan fingerprint density at radius 1 is 1.33 bits per heavy atom. The summed E-state index contributed by atoms with van der Waals surface area (Å²) in [4.78, 5) is 0. The molecule has 2 aliphatic rings. The van der Waals surface area contributed by atoms with Crippen LogP contribution in [0.15, 0.2) is 0 Å². The van der Waals surface area contributed by atoms with Crippen molar-refractivity contribution in [2.75, 3.05) is 0 Å². The number of hydrogen-bond donors (Lipinski definition) is 0. The van der Waals surface area contributed by atoms with Crippen molar-refractivity contribution < 1.29 is 4.74 Å². The normalized spacial score (nSPS) is 47.0. The summed E-state index contributed by atoms with van der Waals surface area (Å²) in [6.45, 7) is 9.31. The SMILES string of the molecule is CC(C)(C)[C@@H]1CC[C@@]2(C)O[C@H]2C1. The molecule has 0 aromatic carbocycles. The molecule has 1 saturated carbocycles. The number of epoxide rings is 1. The van der Waals surface area contributed by atoms with Gasteiger partial charge in [-0.2, -0.15) is 0 Å². The van der Waals surface area contributed by atoms with Crippen molar-refractivity contribution in [3.05, 3.63) is 0 Å². The minimum atomic E-state index is 0.293. The monoisotopic (exact) mass is 168 g/mol. The van der Waals surface area contributed by atoms with Crippen LogP contribution in [0.25, 0.3) is 0 Å². The summed E-state index contributed by atoms with van der Waals surface area (Å²) in [5, 5.41) is 0. The van der Waals surface area contributed by atoms with Gasteiger partial charge >= 0.3 is 0 Å². The van der Waals surface area contributed by atoms with Gasteiger partial charge in [-0.3, -0.25) is 0 Å². The van der Waals surface area contributed by atoms with Gasteiger partial charge in [0.05, 0.1) is 11.7 Å². The Balaban J connectivity index is 1.98. The molecule has 0 bridgehead atoms. The van der Waals surface area contributed by atoms with E-state index in [0.29, 0.717) is 17.1 Å². The van der Waals surface area contributed by atoms with Crippen molar-refractivity contribution >= 4 is 0 Å². The average Bonchev–Trinajstić information content (AvgIpc) is 2.56. The Morgan fingerprint density at radius 3 is 2.50 bits per heavy atom. The predicted molar refractivity (Wildman–Crippen MR) is 50.1 cm³/mol. The van der Waals surface area contributed by atoms with Crippen molar-refractivity contribution in [3.8, 4) is 0 Å². The lowest BCUT2D eigenvalue weighted by Crippen LogP contribution is -2.29. The van der Waals surface area contributed by atoms with Gasteiger partial charge in [0.1, 0.15) is 0 Å². The maximum atomic E-state index is 5.69. The molecule has 0 unspecified atom stereocenters. The van der Waals surface area contributed by atoms with Gasteiger partial charge in [0, 0.05) is 0 Å². The molecule has 0 aromatic heterocycles. The lowest BCUT2D eigenvalue weighted by Gasteiger charge is -2.33. The highest BCUT2D eigenvalue weighted by Gasteiger charge is 2.56. The quantitative estimate of drug-likeness (QED) is 0.507. The lowest BCUT2D eigenvalue weighted by molar-refractivity contribution is 0.182. The molecule has 1 saturated heterocycles. The molecule has 0 spiro atoms. The van der Waals surface area contributed by atoms with Gasteiger partial charge in [-0.05, 0) is 37.5 Å². The molecule has 1 heteroatoms. The average molecular weight is 168 g/mol. The molecule has 1 heterocycles. The van der Waals surface area contributed by atoms with Crippen molar-refractivity contribution in [2.24, 2.45) is 11.3 Å². The van der Waals surface area contributed by atoms with Crippen LogP contribution in [0.1, 0.15) is 47.0 Å². The van der Waals surface area contributed by atoms with Gasteiger partial charge in [-0.25, -0.2) is 0 Å². The number of fused-ring (bicyclic) bond motifs is 1. The summed E-state index contributed by atoms with van der Waals surface area (Å²) in [7, 11) is 0. The minimum absolute atomic E-state index is 0.293. The van der Waals surface area contributed by atoms with Crippen molar-refractivity contribution in [1.82, 2.24) is 0 Å². The molecule has 0 aromatic rings. The third-order valence-corrected chi connectivity index (χ3v) is 3.75. The Hall–Kier alpha value is -0.0400. The second kappa shape index (κ2) is 2.25.